The molecule has 6 nitrogen and oxygen atoms in total. The predicted molar refractivity (Wildman–Crippen MR) is 147 cm³/mol. The summed E-state index contributed by atoms with van der Waals surface area (Å²) in [5.74, 6) is 0.267. The van der Waals surface area contributed by atoms with Crippen LogP contribution in [0, 0.1) is 17.7 Å². The second-order valence-corrected chi connectivity index (χ2v) is 11.4. The molecule has 1 heterocycles. The molecule has 3 aromatic rings. The number of rotatable bonds is 10. The highest BCUT2D eigenvalue weighted by Crippen LogP contribution is 2.43. The highest BCUT2D eigenvalue weighted by atomic mass is 19.1. The molecule has 3 saturated carbocycles. The molecular formula is C32H36FN3O3. The van der Waals surface area contributed by atoms with E-state index in [0.717, 1.165) is 63.0 Å². The van der Waals surface area contributed by atoms with E-state index < -0.39 is 5.82 Å². The van der Waals surface area contributed by atoms with Gasteiger partial charge in [0, 0.05) is 24.6 Å². The van der Waals surface area contributed by atoms with E-state index in [1.54, 1.807) is 36.0 Å². The van der Waals surface area contributed by atoms with Gasteiger partial charge in [0.25, 0.3) is 5.91 Å². The maximum Gasteiger partial charge on any atom is 0.341 e. The Labute approximate surface area is 229 Å². The van der Waals surface area contributed by atoms with E-state index in [-0.39, 0.29) is 23.4 Å². The van der Waals surface area contributed by atoms with Crippen molar-refractivity contribution in [3.63, 3.8) is 0 Å². The van der Waals surface area contributed by atoms with Gasteiger partial charge in [0.1, 0.15) is 11.4 Å². The molecule has 204 valence electrons. The minimum absolute atomic E-state index is 0.138. The third kappa shape index (κ3) is 5.49. The van der Waals surface area contributed by atoms with Crippen LogP contribution < -0.4 is 0 Å². The van der Waals surface area contributed by atoms with Gasteiger partial charge in [-0.2, -0.15) is 5.10 Å². The minimum atomic E-state index is -0.484. The topological polar surface area (TPSA) is 64.4 Å². The van der Waals surface area contributed by atoms with Crippen molar-refractivity contribution >= 4 is 11.9 Å². The lowest BCUT2D eigenvalue weighted by molar-refractivity contribution is 0.0524. The van der Waals surface area contributed by atoms with Gasteiger partial charge in [-0.05, 0) is 81.0 Å². The van der Waals surface area contributed by atoms with E-state index in [4.69, 9.17) is 4.74 Å². The van der Waals surface area contributed by atoms with Gasteiger partial charge in [0.2, 0.25) is 0 Å². The van der Waals surface area contributed by atoms with Crippen LogP contribution in [0.15, 0.2) is 48.7 Å². The molecule has 3 aliphatic rings. The second-order valence-electron chi connectivity index (χ2n) is 11.4. The monoisotopic (exact) mass is 529 g/mol. The number of aromatic nitrogens is 2. The van der Waals surface area contributed by atoms with Crippen LogP contribution in [-0.4, -0.2) is 46.3 Å². The first-order chi connectivity index (χ1) is 19.0. The van der Waals surface area contributed by atoms with Crippen LogP contribution in [0.2, 0.25) is 0 Å². The summed E-state index contributed by atoms with van der Waals surface area (Å²) in [6.45, 7) is 3.54. The Morgan fingerprint density at radius 2 is 1.69 bits per heavy atom. The van der Waals surface area contributed by atoms with Gasteiger partial charge < -0.3 is 9.64 Å². The number of hydrogen-bond donors (Lipinski definition) is 0. The fourth-order valence-corrected chi connectivity index (χ4v) is 5.93. The molecular weight excluding hydrogens is 493 g/mol. The number of benzene rings is 2. The lowest BCUT2D eigenvalue weighted by atomic mass is 10.00. The summed E-state index contributed by atoms with van der Waals surface area (Å²) in [4.78, 5) is 28.1. The van der Waals surface area contributed by atoms with Crippen LogP contribution in [0.4, 0.5) is 4.39 Å². The predicted octanol–water partition coefficient (Wildman–Crippen LogP) is 6.77. The molecule has 2 aromatic carbocycles. The summed E-state index contributed by atoms with van der Waals surface area (Å²) >= 11 is 0. The van der Waals surface area contributed by atoms with E-state index in [0.29, 0.717) is 35.1 Å². The lowest BCUT2D eigenvalue weighted by Crippen LogP contribution is -2.37. The van der Waals surface area contributed by atoms with Gasteiger partial charge >= 0.3 is 5.97 Å². The molecule has 0 atom stereocenters. The Bertz CT molecular complexity index is 1370. The number of nitrogens with zero attached hydrogens (tertiary/aromatic N) is 3. The van der Waals surface area contributed by atoms with E-state index in [1.165, 1.54) is 12.8 Å². The number of carbonyl (C=O) groups excluding carboxylic acids is 2. The van der Waals surface area contributed by atoms with E-state index in [1.807, 2.05) is 29.2 Å². The molecule has 7 heteroatoms. The quantitative estimate of drug-likeness (QED) is 0.272. The van der Waals surface area contributed by atoms with Crippen LogP contribution in [0.5, 0.6) is 0 Å². The van der Waals surface area contributed by atoms with Crippen molar-refractivity contribution in [2.75, 3.05) is 19.7 Å². The van der Waals surface area contributed by atoms with E-state index in [9.17, 15) is 9.59 Å². The van der Waals surface area contributed by atoms with Crippen molar-refractivity contribution in [1.82, 2.24) is 14.7 Å². The SMILES string of the molecule is CCOC(=O)c1cnn(-c2cccc(-c3cccc(C(=O)N(CC4CCCC4)CC4CC4)c3F)c2)c1C1CC1. The number of halogens is 1. The summed E-state index contributed by atoms with van der Waals surface area (Å²) in [5.41, 5.74) is 3.27. The van der Waals surface area contributed by atoms with Crippen LogP contribution in [-0.2, 0) is 4.74 Å². The lowest BCUT2D eigenvalue weighted by Gasteiger charge is -2.26. The van der Waals surface area contributed by atoms with Crippen molar-refractivity contribution in [1.29, 1.82) is 0 Å². The standard InChI is InChI=1S/C32H36FN3O3/c1-2-39-32(38)28-18-34-36(30(28)23-15-16-23)25-10-5-9-24(17-25)26-11-6-12-27(29(26)33)31(37)35(20-22-13-14-22)19-21-7-3-4-8-21/h5-6,9-12,17-18,21-23H,2-4,7-8,13-16,19-20H2,1H3. The summed E-state index contributed by atoms with van der Waals surface area (Å²) in [5, 5.41) is 4.52. The Kier molecular flexibility index (Phi) is 7.24. The maximum absolute atomic E-state index is 16.1. The van der Waals surface area contributed by atoms with Crippen molar-refractivity contribution in [3.8, 4) is 16.8 Å². The third-order valence-corrected chi connectivity index (χ3v) is 8.31. The Morgan fingerprint density at radius 1 is 0.974 bits per heavy atom. The molecule has 3 aliphatic carbocycles. The minimum Gasteiger partial charge on any atom is -0.462 e. The Balaban J connectivity index is 1.31. The van der Waals surface area contributed by atoms with Crippen LogP contribution >= 0.6 is 0 Å². The van der Waals surface area contributed by atoms with Crippen molar-refractivity contribution in [3.05, 3.63) is 71.3 Å². The van der Waals surface area contributed by atoms with Gasteiger partial charge in [0.05, 0.1) is 29.7 Å². The fraction of sp³-hybridized carbons (Fsp3) is 0.469. The summed E-state index contributed by atoms with van der Waals surface area (Å²) < 4.78 is 23.1. The molecule has 1 aromatic heterocycles. The Hall–Kier alpha value is -3.48. The van der Waals surface area contributed by atoms with Gasteiger partial charge in [0.15, 0.2) is 0 Å². The van der Waals surface area contributed by atoms with Crippen LogP contribution in [0.3, 0.4) is 0 Å². The zero-order chi connectivity index (χ0) is 26.9. The highest BCUT2D eigenvalue weighted by molar-refractivity contribution is 5.96. The smallest absolute Gasteiger partial charge is 0.341 e. The first-order valence-corrected chi connectivity index (χ1v) is 14.5. The zero-order valence-electron chi connectivity index (χ0n) is 22.6. The molecule has 0 unspecified atom stereocenters. The number of hydrogen-bond acceptors (Lipinski definition) is 4. The first-order valence-electron chi connectivity index (χ1n) is 14.5. The van der Waals surface area contributed by atoms with E-state index in [2.05, 4.69) is 5.10 Å². The number of amides is 1. The maximum atomic E-state index is 16.1. The number of esters is 1. The molecule has 0 spiro atoms. The first kappa shape index (κ1) is 25.8. The second kappa shape index (κ2) is 10.9. The molecule has 0 aliphatic heterocycles. The van der Waals surface area contributed by atoms with Crippen molar-refractivity contribution < 1.29 is 18.7 Å². The van der Waals surface area contributed by atoms with Crippen molar-refractivity contribution in [2.24, 2.45) is 11.8 Å². The average Bonchev–Trinajstić information content (AvgIpc) is 3.86. The molecule has 6 rings (SSSR count). The third-order valence-electron chi connectivity index (χ3n) is 8.31. The molecule has 0 N–H and O–H groups in total. The number of ether oxygens (including phenoxy) is 1. The largest absolute Gasteiger partial charge is 0.462 e. The highest BCUT2D eigenvalue weighted by Gasteiger charge is 2.34. The Morgan fingerprint density at radius 3 is 2.38 bits per heavy atom. The summed E-state index contributed by atoms with van der Waals surface area (Å²) in [6.07, 6.45) is 10.6. The molecule has 0 bridgehead atoms. The van der Waals surface area contributed by atoms with Crippen LogP contribution in [0.1, 0.15) is 90.6 Å². The molecule has 0 radical (unpaired) electrons. The van der Waals surface area contributed by atoms with Crippen molar-refractivity contribution in [2.45, 2.75) is 64.2 Å². The number of carbonyl (C=O) groups is 2. The van der Waals surface area contributed by atoms with Crippen LogP contribution in [0.25, 0.3) is 16.8 Å². The molecule has 0 saturated heterocycles. The van der Waals surface area contributed by atoms with Gasteiger partial charge in [-0.25, -0.2) is 13.9 Å². The van der Waals surface area contributed by atoms with Gasteiger partial charge in [-0.3, -0.25) is 4.79 Å². The summed E-state index contributed by atoms with van der Waals surface area (Å²) in [7, 11) is 0. The van der Waals surface area contributed by atoms with E-state index >= 15 is 4.39 Å². The summed E-state index contributed by atoms with van der Waals surface area (Å²) in [6, 6.07) is 12.6. The molecule has 1 amide bonds. The molecule has 39 heavy (non-hydrogen) atoms. The molecule has 3 fully saturated rings. The van der Waals surface area contributed by atoms with Gasteiger partial charge in [-0.15, -0.1) is 0 Å². The average molecular weight is 530 g/mol. The normalized spacial score (nSPS) is 17.4. The zero-order valence-corrected chi connectivity index (χ0v) is 22.6. The fourth-order valence-electron chi connectivity index (χ4n) is 5.93. The van der Waals surface area contributed by atoms with Gasteiger partial charge in [-0.1, -0.05) is 37.1 Å².